The predicted octanol–water partition coefficient (Wildman–Crippen LogP) is 2.52. The second-order valence-electron chi connectivity index (χ2n) is 3.63. The van der Waals surface area contributed by atoms with Crippen LogP contribution in [0, 0.1) is 0 Å². The molecule has 13 heavy (non-hydrogen) atoms. The Labute approximate surface area is 86.8 Å². The summed E-state index contributed by atoms with van der Waals surface area (Å²) in [5.74, 6) is 0. The Bertz CT molecular complexity index is 301. The normalized spacial score (nSPS) is 12.3. The minimum absolute atomic E-state index is 0.0163. The lowest BCUT2D eigenvalue weighted by Crippen LogP contribution is -2.31. The molecule has 3 nitrogen and oxygen atoms in total. The lowest BCUT2D eigenvalue weighted by molar-refractivity contribution is 0.442. The molecule has 0 aliphatic carbocycles. The van der Waals surface area contributed by atoms with Gasteiger partial charge in [-0.2, -0.15) is 5.10 Å². The highest BCUT2D eigenvalue weighted by molar-refractivity contribution is 7.11. The number of halogens is 1. The zero-order valence-electron chi connectivity index (χ0n) is 7.84. The molecular weight excluding hydrogens is 206 g/mol. The maximum Gasteiger partial charge on any atom is 0.140 e. The molecule has 1 rings (SSSR count). The van der Waals surface area contributed by atoms with Crippen molar-refractivity contribution >= 4 is 29.2 Å². The molecule has 0 unspecified atom stereocenters. The summed E-state index contributed by atoms with van der Waals surface area (Å²) in [4.78, 5) is 4.02. The van der Waals surface area contributed by atoms with Crippen LogP contribution in [0.2, 0.25) is 5.15 Å². The SMILES string of the molecule is CC(C)(C)N/N=C/c1nc(Cl)cs1. The summed E-state index contributed by atoms with van der Waals surface area (Å²) < 4.78 is 0. The van der Waals surface area contributed by atoms with Crippen LogP contribution in [0.5, 0.6) is 0 Å². The van der Waals surface area contributed by atoms with Crippen LogP contribution >= 0.6 is 22.9 Å². The standard InChI is InChI=1S/C8H12ClN3S/c1-8(2,3)12-10-4-7-11-6(9)5-13-7/h4-5,12H,1-3H3/b10-4+. The van der Waals surface area contributed by atoms with Crippen LogP contribution in [-0.4, -0.2) is 16.7 Å². The summed E-state index contributed by atoms with van der Waals surface area (Å²) in [7, 11) is 0. The predicted molar refractivity (Wildman–Crippen MR) is 57.6 cm³/mol. The zero-order chi connectivity index (χ0) is 9.90. The summed E-state index contributed by atoms with van der Waals surface area (Å²) in [5, 5.41) is 7.14. The van der Waals surface area contributed by atoms with Gasteiger partial charge >= 0.3 is 0 Å². The third kappa shape index (κ3) is 4.24. The Morgan fingerprint density at radius 3 is 2.77 bits per heavy atom. The van der Waals surface area contributed by atoms with E-state index in [1.807, 2.05) is 20.8 Å². The summed E-state index contributed by atoms with van der Waals surface area (Å²) in [5.41, 5.74) is 2.96. The Balaban J connectivity index is 2.50. The van der Waals surface area contributed by atoms with Gasteiger partial charge in [-0.05, 0) is 20.8 Å². The van der Waals surface area contributed by atoms with Crippen molar-refractivity contribution in [2.75, 3.05) is 0 Å². The van der Waals surface area contributed by atoms with Crippen molar-refractivity contribution in [2.24, 2.45) is 5.10 Å². The smallest absolute Gasteiger partial charge is 0.140 e. The van der Waals surface area contributed by atoms with Crippen LogP contribution in [0.4, 0.5) is 0 Å². The topological polar surface area (TPSA) is 37.3 Å². The highest BCUT2D eigenvalue weighted by Crippen LogP contribution is 2.11. The zero-order valence-corrected chi connectivity index (χ0v) is 9.41. The van der Waals surface area contributed by atoms with Gasteiger partial charge in [-0.25, -0.2) is 4.98 Å². The van der Waals surface area contributed by atoms with Crippen molar-refractivity contribution in [3.8, 4) is 0 Å². The molecule has 0 saturated carbocycles. The Morgan fingerprint density at radius 2 is 2.31 bits per heavy atom. The third-order valence-electron chi connectivity index (χ3n) is 1.07. The minimum atomic E-state index is -0.0163. The number of rotatable bonds is 2. The maximum atomic E-state index is 5.65. The molecule has 0 aliphatic rings. The highest BCUT2D eigenvalue weighted by atomic mass is 35.5. The quantitative estimate of drug-likeness (QED) is 0.611. The van der Waals surface area contributed by atoms with E-state index < -0.39 is 0 Å². The van der Waals surface area contributed by atoms with E-state index in [-0.39, 0.29) is 5.54 Å². The van der Waals surface area contributed by atoms with Gasteiger partial charge in [0.25, 0.3) is 0 Å². The molecule has 0 radical (unpaired) electrons. The molecule has 0 atom stereocenters. The molecule has 1 aromatic rings. The fraction of sp³-hybridized carbons (Fsp3) is 0.500. The van der Waals surface area contributed by atoms with E-state index in [1.165, 1.54) is 11.3 Å². The van der Waals surface area contributed by atoms with E-state index in [2.05, 4.69) is 15.5 Å². The van der Waals surface area contributed by atoms with Crippen molar-refractivity contribution in [2.45, 2.75) is 26.3 Å². The molecule has 0 spiro atoms. The van der Waals surface area contributed by atoms with E-state index in [9.17, 15) is 0 Å². The summed E-state index contributed by atoms with van der Waals surface area (Å²) in [6.45, 7) is 6.12. The summed E-state index contributed by atoms with van der Waals surface area (Å²) in [6.07, 6.45) is 1.67. The first-order valence-electron chi connectivity index (χ1n) is 3.89. The molecule has 1 heterocycles. The lowest BCUT2D eigenvalue weighted by Gasteiger charge is -2.16. The lowest BCUT2D eigenvalue weighted by atomic mass is 10.1. The monoisotopic (exact) mass is 217 g/mol. The van der Waals surface area contributed by atoms with E-state index in [0.29, 0.717) is 5.15 Å². The van der Waals surface area contributed by atoms with Gasteiger partial charge < -0.3 is 5.43 Å². The molecule has 1 N–H and O–H groups in total. The van der Waals surface area contributed by atoms with Gasteiger partial charge in [0.1, 0.15) is 10.2 Å². The van der Waals surface area contributed by atoms with Crippen molar-refractivity contribution in [3.63, 3.8) is 0 Å². The van der Waals surface area contributed by atoms with E-state index in [1.54, 1.807) is 11.6 Å². The molecule has 72 valence electrons. The first-order chi connectivity index (χ1) is 5.97. The number of thiazole rings is 1. The average molecular weight is 218 g/mol. The van der Waals surface area contributed by atoms with Crippen molar-refractivity contribution < 1.29 is 0 Å². The maximum absolute atomic E-state index is 5.65. The van der Waals surface area contributed by atoms with Crippen LogP contribution in [0.25, 0.3) is 0 Å². The number of hydrogen-bond acceptors (Lipinski definition) is 4. The second-order valence-corrected chi connectivity index (χ2v) is 4.91. The van der Waals surface area contributed by atoms with Gasteiger partial charge in [0, 0.05) is 10.9 Å². The van der Waals surface area contributed by atoms with Crippen LogP contribution in [0.15, 0.2) is 10.5 Å². The molecule has 0 saturated heterocycles. The van der Waals surface area contributed by atoms with Crippen LogP contribution in [-0.2, 0) is 0 Å². The van der Waals surface area contributed by atoms with Gasteiger partial charge in [0.15, 0.2) is 0 Å². The van der Waals surface area contributed by atoms with Crippen molar-refractivity contribution in [1.82, 2.24) is 10.4 Å². The van der Waals surface area contributed by atoms with Gasteiger partial charge in [-0.15, -0.1) is 11.3 Å². The molecule has 0 aliphatic heterocycles. The molecule has 1 aromatic heterocycles. The Hall–Kier alpha value is -0.610. The Morgan fingerprint density at radius 1 is 1.62 bits per heavy atom. The van der Waals surface area contributed by atoms with E-state index >= 15 is 0 Å². The largest absolute Gasteiger partial charge is 0.305 e. The van der Waals surface area contributed by atoms with Crippen LogP contribution in [0.1, 0.15) is 25.8 Å². The van der Waals surface area contributed by atoms with Crippen LogP contribution < -0.4 is 5.43 Å². The third-order valence-corrected chi connectivity index (χ3v) is 2.17. The fourth-order valence-electron chi connectivity index (χ4n) is 0.607. The summed E-state index contributed by atoms with van der Waals surface area (Å²) in [6, 6.07) is 0. The first kappa shape index (κ1) is 10.5. The molecule has 0 bridgehead atoms. The average Bonchev–Trinajstić information content (AvgIpc) is 2.33. The molecule has 0 fully saturated rings. The first-order valence-corrected chi connectivity index (χ1v) is 5.14. The number of nitrogens with zero attached hydrogens (tertiary/aromatic N) is 2. The van der Waals surface area contributed by atoms with Gasteiger partial charge in [0.2, 0.25) is 0 Å². The number of hydrogen-bond donors (Lipinski definition) is 1. The van der Waals surface area contributed by atoms with Gasteiger partial charge in [-0.1, -0.05) is 11.6 Å². The fourth-order valence-corrected chi connectivity index (χ4v) is 1.42. The number of hydrazone groups is 1. The van der Waals surface area contributed by atoms with Gasteiger partial charge in [0.05, 0.1) is 6.21 Å². The molecular formula is C8H12ClN3S. The number of aromatic nitrogens is 1. The molecule has 0 aromatic carbocycles. The van der Waals surface area contributed by atoms with Gasteiger partial charge in [-0.3, -0.25) is 0 Å². The van der Waals surface area contributed by atoms with Crippen molar-refractivity contribution in [1.29, 1.82) is 0 Å². The van der Waals surface area contributed by atoms with E-state index in [0.717, 1.165) is 5.01 Å². The highest BCUT2D eigenvalue weighted by Gasteiger charge is 2.05. The van der Waals surface area contributed by atoms with E-state index in [4.69, 9.17) is 11.6 Å². The second kappa shape index (κ2) is 4.07. The summed E-state index contributed by atoms with van der Waals surface area (Å²) >= 11 is 7.11. The Kier molecular flexibility index (Phi) is 3.27. The van der Waals surface area contributed by atoms with Crippen LogP contribution in [0.3, 0.4) is 0 Å². The number of nitrogens with one attached hydrogen (secondary N) is 1. The minimum Gasteiger partial charge on any atom is -0.305 e. The molecule has 0 amide bonds. The van der Waals surface area contributed by atoms with Crippen molar-refractivity contribution in [3.05, 3.63) is 15.5 Å². The molecule has 5 heteroatoms.